The van der Waals surface area contributed by atoms with Crippen molar-refractivity contribution >= 4 is 17.4 Å². The van der Waals surface area contributed by atoms with E-state index in [9.17, 15) is 4.79 Å². The highest BCUT2D eigenvalue weighted by atomic mass is 16.2. The van der Waals surface area contributed by atoms with E-state index in [1.807, 2.05) is 41.8 Å². The molecule has 8 nitrogen and oxygen atoms in total. The van der Waals surface area contributed by atoms with Crippen LogP contribution in [0.1, 0.15) is 23.9 Å². The van der Waals surface area contributed by atoms with Gasteiger partial charge in [0.2, 0.25) is 5.91 Å². The Hall–Kier alpha value is -2.90. The fourth-order valence-electron chi connectivity index (χ4n) is 3.79. The second-order valence-corrected chi connectivity index (χ2v) is 6.95. The van der Waals surface area contributed by atoms with E-state index in [1.165, 1.54) is 5.56 Å². The number of anilines is 1. The van der Waals surface area contributed by atoms with E-state index in [2.05, 4.69) is 27.0 Å². The van der Waals surface area contributed by atoms with E-state index >= 15 is 0 Å². The quantitative estimate of drug-likeness (QED) is 0.698. The van der Waals surface area contributed by atoms with Crippen LogP contribution in [-0.2, 0) is 17.8 Å². The highest BCUT2D eigenvalue weighted by molar-refractivity contribution is 5.76. The molecule has 0 saturated carbocycles. The molecule has 0 aromatic carbocycles. The molecule has 4 heterocycles. The molecule has 0 unspecified atom stereocenters. The van der Waals surface area contributed by atoms with Gasteiger partial charge in [0.25, 0.3) is 0 Å². The zero-order valence-electron chi connectivity index (χ0n) is 16.1. The average molecular weight is 367 g/mol. The molecular weight excluding hydrogens is 342 g/mol. The predicted molar refractivity (Wildman–Crippen MR) is 103 cm³/mol. The summed E-state index contributed by atoms with van der Waals surface area (Å²) in [5.41, 5.74) is 4.20. The number of piperazine rings is 1. The fraction of sp³-hybridized carbons (Fsp3) is 0.474. The van der Waals surface area contributed by atoms with Gasteiger partial charge >= 0.3 is 0 Å². The molecule has 0 spiro atoms. The van der Waals surface area contributed by atoms with Gasteiger partial charge < -0.3 is 9.80 Å². The normalized spacial score (nSPS) is 14.9. The maximum absolute atomic E-state index is 12.7. The van der Waals surface area contributed by atoms with Crippen molar-refractivity contribution in [1.29, 1.82) is 0 Å². The standard InChI is InChI=1S/C19H25N7O/c1-4-16-14(2)21-26(15(16)3)13-19(27)24-11-9-23(10-12-24)18-6-5-17-20-7-8-25(17)22-18/h5-8H,4,9-13H2,1-3H3. The van der Waals surface area contributed by atoms with E-state index < -0.39 is 0 Å². The first-order valence-electron chi connectivity index (χ1n) is 9.43. The SMILES string of the molecule is CCc1c(C)nn(CC(=O)N2CCN(c3ccc4nccn4n3)CC2)c1C. The molecule has 0 atom stereocenters. The zero-order valence-corrected chi connectivity index (χ0v) is 16.1. The highest BCUT2D eigenvalue weighted by Gasteiger charge is 2.23. The van der Waals surface area contributed by atoms with Gasteiger partial charge in [0.05, 0.1) is 5.69 Å². The number of imidazole rings is 1. The number of aryl methyl sites for hydroxylation is 1. The maximum atomic E-state index is 12.7. The van der Waals surface area contributed by atoms with Crippen LogP contribution in [0, 0.1) is 13.8 Å². The molecule has 0 bridgehead atoms. The van der Waals surface area contributed by atoms with Gasteiger partial charge in [-0.3, -0.25) is 9.48 Å². The third kappa shape index (κ3) is 3.27. The summed E-state index contributed by atoms with van der Waals surface area (Å²) in [4.78, 5) is 21.1. The van der Waals surface area contributed by atoms with Gasteiger partial charge in [0.15, 0.2) is 5.65 Å². The first-order chi connectivity index (χ1) is 13.1. The summed E-state index contributed by atoms with van der Waals surface area (Å²) in [5.74, 6) is 1.04. The van der Waals surface area contributed by atoms with Gasteiger partial charge in [-0.05, 0) is 38.0 Å². The van der Waals surface area contributed by atoms with Crippen molar-refractivity contribution in [3.8, 4) is 0 Å². The lowest BCUT2D eigenvalue weighted by atomic mass is 10.1. The molecule has 27 heavy (non-hydrogen) atoms. The number of fused-ring (bicyclic) bond motifs is 1. The Morgan fingerprint density at radius 1 is 1.11 bits per heavy atom. The van der Waals surface area contributed by atoms with Crippen LogP contribution in [-0.4, -0.2) is 61.4 Å². The second-order valence-electron chi connectivity index (χ2n) is 6.95. The molecule has 1 amide bonds. The van der Waals surface area contributed by atoms with Gasteiger partial charge in [-0.25, -0.2) is 9.50 Å². The van der Waals surface area contributed by atoms with Gasteiger partial charge in [-0.1, -0.05) is 6.92 Å². The Kier molecular flexibility index (Phi) is 4.55. The maximum Gasteiger partial charge on any atom is 0.244 e. The summed E-state index contributed by atoms with van der Waals surface area (Å²) in [6.07, 6.45) is 4.53. The minimum atomic E-state index is 0.126. The molecule has 3 aromatic heterocycles. The van der Waals surface area contributed by atoms with Crippen molar-refractivity contribution in [2.45, 2.75) is 33.7 Å². The van der Waals surface area contributed by atoms with Crippen molar-refractivity contribution in [1.82, 2.24) is 29.3 Å². The van der Waals surface area contributed by atoms with E-state index in [1.54, 1.807) is 10.7 Å². The molecule has 1 aliphatic heterocycles. The summed E-state index contributed by atoms with van der Waals surface area (Å²) in [5, 5.41) is 9.13. The van der Waals surface area contributed by atoms with Crippen molar-refractivity contribution in [3.63, 3.8) is 0 Å². The number of hydrogen-bond acceptors (Lipinski definition) is 5. The van der Waals surface area contributed by atoms with Crippen molar-refractivity contribution < 1.29 is 4.79 Å². The molecule has 0 radical (unpaired) electrons. The van der Waals surface area contributed by atoms with Crippen molar-refractivity contribution in [2.24, 2.45) is 0 Å². The Balaban J connectivity index is 1.39. The van der Waals surface area contributed by atoms with E-state index in [-0.39, 0.29) is 5.91 Å². The first-order valence-corrected chi connectivity index (χ1v) is 9.43. The van der Waals surface area contributed by atoms with Crippen LogP contribution in [0.5, 0.6) is 0 Å². The molecule has 142 valence electrons. The Bertz CT molecular complexity index is 966. The van der Waals surface area contributed by atoms with Gasteiger partial charge in [-0.15, -0.1) is 5.10 Å². The number of carbonyl (C=O) groups is 1. The van der Waals surface area contributed by atoms with Crippen LogP contribution in [0.2, 0.25) is 0 Å². The summed E-state index contributed by atoms with van der Waals surface area (Å²) in [6, 6.07) is 3.95. The van der Waals surface area contributed by atoms with E-state index in [0.29, 0.717) is 19.6 Å². The number of nitrogens with zero attached hydrogens (tertiary/aromatic N) is 7. The summed E-state index contributed by atoms with van der Waals surface area (Å²) >= 11 is 0. The largest absolute Gasteiger partial charge is 0.352 e. The number of carbonyl (C=O) groups excluding carboxylic acids is 1. The lowest BCUT2D eigenvalue weighted by Crippen LogP contribution is -2.50. The fourth-order valence-corrected chi connectivity index (χ4v) is 3.79. The molecule has 3 aromatic rings. The molecule has 1 aliphatic rings. The van der Waals surface area contributed by atoms with Crippen LogP contribution in [0.3, 0.4) is 0 Å². The highest BCUT2D eigenvalue weighted by Crippen LogP contribution is 2.16. The summed E-state index contributed by atoms with van der Waals surface area (Å²) in [7, 11) is 0. The molecule has 8 heteroatoms. The molecule has 4 rings (SSSR count). The summed E-state index contributed by atoms with van der Waals surface area (Å²) in [6.45, 7) is 9.43. The minimum Gasteiger partial charge on any atom is -0.352 e. The topological polar surface area (TPSA) is 71.6 Å². The monoisotopic (exact) mass is 367 g/mol. The number of aromatic nitrogens is 5. The molecule has 0 N–H and O–H groups in total. The third-order valence-corrected chi connectivity index (χ3v) is 5.37. The first kappa shape index (κ1) is 17.5. The van der Waals surface area contributed by atoms with Gasteiger partial charge in [0, 0.05) is 44.3 Å². The number of rotatable bonds is 4. The Morgan fingerprint density at radius 2 is 1.89 bits per heavy atom. The van der Waals surface area contributed by atoms with Crippen LogP contribution >= 0.6 is 0 Å². The number of hydrogen-bond donors (Lipinski definition) is 0. The lowest BCUT2D eigenvalue weighted by molar-refractivity contribution is -0.132. The van der Waals surface area contributed by atoms with Crippen LogP contribution in [0.25, 0.3) is 5.65 Å². The van der Waals surface area contributed by atoms with Gasteiger partial charge in [-0.2, -0.15) is 5.10 Å². The third-order valence-electron chi connectivity index (χ3n) is 5.37. The Morgan fingerprint density at radius 3 is 2.59 bits per heavy atom. The molecule has 0 aliphatic carbocycles. The Labute approximate surface area is 158 Å². The smallest absolute Gasteiger partial charge is 0.244 e. The predicted octanol–water partition coefficient (Wildman–Crippen LogP) is 1.45. The summed E-state index contributed by atoms with van der Waals surface area (Å²) < 4.78 is 3.62. The van der Waals surface area contributed by atoms with Crippen LogP contribution in [0.15, 0.2) is 24.5 Å². The van der Waals surface area contributed by atoms with Gasteiger partial charge in [0.1, 0.15) is 12.4 Å². The molecular formula is C19H25N7O. The van der Waals surface area contributed by atoms with Crippen LogP contribution < -0.4 is 4.90 Å². The van der Waals surface area contributed by atoms with E-state index in [0.717, 1.165) is 42.4 Å². The van der Waals surface area contributed by atoms with Crippen molar-refractivity contribution in [3.05, 3.63) is 41.5 Å². The number of amides is 1. The molecule has 1 saturated heterocycles. The van der Waals surface area contributed by atoms with E-state index in [4.69, 9.17) is 0 Å². The lowest BCUT2D eigenvalue weighted by Gasteiger charge is -2.35. The zero-order chi connectivity index (χ0) is 19.0. The van der Waals surface area contributed by atoms with Crippen molar-refractivity contribution in [2.75, 3.05) is 31.1 Å². The van der Waals surface area contributed by atoms with Crippen LogP contribution in [0.4, 0.5) is 5.82 Å². The average Bonchev–Trinajstić information content (AvgIpc) is 3.25. The second kappa shape index (κ2) is 7.02. The minimum absolute atomic E-state index is 0.126. The molecule has 1 fully saturated rings.